The molecule has 1 unspecified atom stereocenters. The molecule has 0 aliphatic rings. The highest BCUT2D eigenvalue weighted by atomic mass is 79.9. The minimum Gasteiger partial charge on any atom is -0.496 e. The second-order valence-electron chi connectivity index (χ2n) is 4.66. The van der Waals surface area contributed by atoms with Crippen LogP contribution in [0.15, 0.2) is 45.3 Å². The first-order valence-electron chi connectivity index (χ1n) is 6.50. The lowest BCUT2D eigenvalue weighted by Gasteiger charge is -2.19. The fourth-order valence-electron chi connectivity index (χ4n) is 2.23. The van der Waals surface area contributed by atoms with Crippen LogP contribution in [-0.4, -0.2) is 14.2 Å². The molecule has 0 fully saturated rings. The second-order valence-corrected chi connectivity index (χ2v) is 6.30. The Labute approximate surface area is 141 Å². The largest absolute Gasteiger partial charge is 0.496 e. The standard InChI is InChI=1S/C16H16Br2FNO/c1-20-14(11-4-3-5-13(19)16(11)18)9-10-6-7-15(21-2)12(17)8-10/h3-8,14,20H,9H2,1-2H3. The molecule has 0 radical (unpaired) electrons. The Hall–Kier alpha value is -0.910. The maximum atomic E-state index is 13.7. The molecule has 0 saturated heterocycles. The third kappa shape index (κ3) is 3.84. The summed E-state index contributed by atoms with van der Waals surface area (Å²) in [5.74, 6) is 0.551. The Morgan fingerprint density at radius 2 is 2.00 bits per heavy atom. The summed E-state index contributed by atoms with van der Waals surface area (Å²) in [6.45, 7) is 0. The minimum absolute atomic E-state index is 0.0235. The molecule has 2 rings (SSSR count). The molecule has 0 heterocycles. The predicted molar refractivity (Wildman–Crippen MR) is 90.3 cm³/mol. The fourth-order valence-corrected chi connectivity index (χ4v) is 3.36. The predicted octanol–water partition coefficient (Wildman–Crippen LogP) is 4.86. The topological polar surface area (TPSA) is 21.3 Å². The molecule has 5 heteroatoms. The lowest BCUT2D eigenvalue weighted by Crippen LogP contribution is -2.19. The Morgan fingerprint density at radius 3 is 2.62 bits per heavy atom. The number of hydrogen-bond acceptors (Lipinski definition) is 2. The van der Waals surface area contributed by atoms with Gasteiger partial charge in [-0.05, 0) is 74.7 Å². The zero-order valence-electron chi connectivity index (χ0n) is 11.8. The molecule has 1 N–H and O–H groups in total. The van der Waals surface area contributed by atoms with Crippen molar-refractivity contribution in [2.45, 2.75) is 12.5 Å². The summed E-state index contributed by atoms with van der Waals surface area (Å²) in [6, 6.07) is 11.1. The molecular formula is C16H16Br2FNO. The van der Waals surface area contributed by atoms with E-state index in [0.29, 0.717) is 4.47 Å². The summed E-state index contributed by atoms with van der Waals surface area (Å²) in [7, 11) is 3.51. The van der Waals surface area contributed by atoms with Crippen molar-refractivity contribution in [2.24, 2.45) is 0 Å². The monoisotopic (exact) mass is 415 g/mol. The second kappa shape index (κ2) is 7.38. The molecule has 1 atom stereocenters. The van der Waals surface area contributed by atoms with Gasteiger partial charge < -0.3 is 10.1 Å². The molecule has 21 heavy (non-hydrogen) atoms. The van der Waals surface area contributed by atoms with Crippen LogP contribution in [0.3, 0.4) is 0 Å². The lowest BCUT2D eigenvalue weighted by molar-refractivity contribution is 0.412. The van der Waals surface area contributed by atoms with E-state index in [1.54, 1.807) is 13.2 Å². The van der Waals surface area contributed by atoms with Gasteiger partial charge in [0.25, 0.3) is 0 Å². The van der Waals surface area contributed by atoms with Gasteiger partial charge in [0, 0.05) is 6.04 Å². The highest BCUT2D eigenvalue weighted by Crippen LogP contribution is 2.31. The number of benzene rings is 2. The van der Waals surface area contributed by atoms with Crippen LogP contribution < -0.4 is 10.1 Å². The van der Waals surface area contributed by atoms with Crippen LogP contribution in [-0.2, 0) is 6.42 Å². The molecule has 0 spiro atoms. The van der Waals surface area contributed by atoms with Crippen molar-refractivity contribution in [3.8, 4) is 5.75 Å². The number of nitrogens with one attached hydrogen (secondary N) is 1. The molecule has 2 nitrogen and oxygen atoms in total. The van der Waals surface area contributed by atoms with E-state index in [1.165, 1.54) is 6.07 Å². The lowest BCUT2D eigenvalue weighted by atomic mass is 9.99. The minimum atomic E-state index is -0.247. The van der Waals surface area contributed by atoms with E-state index in [1.807, 2.05) is 31.3 Å². The van der Waals surface area contributed by atoms with E-state index in [2.05, 4.69) is 37.2 Å². The Kier molecular flexibility index (Phi) is 5.79. The fraction of sp³-hybridized carbons (Fsp3) is 0.250. The van der Waals surface area contributed by atoms with Gasteiger partial charge in [0.1, 0.15) is 11.6 Å². The van der Waals surface area contributed by atoms with Gasteiger partial charge in [-0.15, -0.1) is 0 Å². The number of halogens is 3. The molecule has 112 valence electrons. The van der Waals surface area contributed by atoms with Gasteiger partial charge in [-0.25, -0.2) is 4.39 Å². The average molecular weight is 417 g/mol. The van der Waals surface area contributed by atoms with Crippen molar-refractivity contribution >= 4 is 31.9 Å². The van der Waals surface area contributed by atoms with Crippen LogP contribution in [0.1, 0.15) is 17.2 Å². The quantitative estimate of drug-likeness (QED) is 0.751. The average Bonchev–Trinajstić information content (AvgIpc) is 2.48. The summed E-state index contributed by atoms with van der Waals surface area (Å²) in [6.07, 6.45) is 0.751. The summed E-state index contributed by atoms with van der Waals surface area (Å²) >= 11 is 6.81. The van der Waals surface area contributed by atoms with E-state index in [9.17, 15) is 4.39 Å². The zero-order chi connectivity index (χ0) is 15.4. The maximum absolute atomic E-state index is 13.7. The Morgan fingerprint density at radius 1 is 1.24 bits per heavy atom. The first-order chi connectivity index (χ1) is 10.1. The maximum Gasteiger partial charge on any atom is 0.137 e. The van der Waals surface area contributed by atoms with Crippen molar-refractivity contribution in [3.63, 3.8) is 0 Å². The molecule has 0 aromatic heterocycles. The van der Waals surface area contributed by atoms with Gasteiger partial charge in [0.15, 0.2) is 0 Å². The van der Waals surface area contributed by atoms with Crippen LogP contribution in [0.2, 0.25) is 0 Å². The van der Waals surface area contributed by atoms with Gasteiger partial charge in [-0.1, -0.05) is 18.2 Å². The van der Waals surface area contributed by atoms with Crippen molar-refractivity contribution in [2.75, 3.05) is 14.2 Å². The third-order valence-electron chi connectivity index (χ3n) is 3.36. The highest BCUT2D eigenvalue weighted by molar-refractivity contribution is 9.10. The van der Waals surface area contributed by atoms with E-state index in [4.69, 9.17) is 4.74 Å². The summed E-state index contributed by atoms with van der Waals surface area (Å²) in [5.41, 5.74) is 2.04. The molecule has 2 aromatic carbocycles. The van der Waals surface area contributed by atoms with Crippen LogP contribution in [0, 0.1) is 5.82 Å². The van der Waals surface area contributed by atoms with Crippen LogP contribution in [0.25, 0.3) is 0 Å². The van der Waals surface area contributed by atoms with Crippen molar-refractivity contribution in [1.82, 2.24) is 5.32 Å². The Bertz CT molecular complexity index is 634. The van der Waals surface area contributed by atoms with Crippen molar-refractivity contribution in [3.05, 3.63) is 62.3 Å². The molecule has 0 aliphatic carbocycles. The number of hydrogen-bond donors (Lipinski definition) is 1. The first-order valence-corrected chi connectivity index (χ1v) is 8.09. The van der Waals surface area contributed by atoms with E-state index in [-0.39, 0.29) is 11.9 Å². The molecule has 2 aromatic rings. The van der Waals surface area contributed by atoms with Crippen LogP contribution in [0.4, 0.5) is 4.39 Å². The molecular weight excluding hydrogens is 401 g/mol. The summed E-state index contributed by atoms with van der Waals surface area (Å²) in [4.78, 5) is 0. The molecule has 0 bridgehead atoms. The smallest absolute Gasteiger partial charge is 0.137 e. The highest BCUT2D eigenvalue weighted by Gasteiger charge is 2.16. The normalized spacial score (nSPS) is 12.2. The zero-order valence-corrected chi connectivity index (χ0v) is 15.0. The van der Waals surface area contributed by atoms with Gasteiger partial charge in [0.2, 0.25) is 0 Å². The van der Waals surface area contributed by atoms with Gasteiger partial charge in [0.05, 0.1) is 16.1 Å². The number of rotatable bonds is 5. The summed E-state index contributed by atoms with van der Waals surface area (Å²) < 4.78 is 20.3. The van der Waals surface area contributed by atoms with Gasteiger partial charge in [-0.2, -0.15) is 0 Å². The van der Waals surface area contributed by atoms with Gasteiger partial charge >= 0.3 is 0 Å². The number of methoxy groups -OCH3 is 1. The third-order valence-corrected chi connectivity index (χ3v) is 4.82. The van der Waals surface area contributed by atoms with Crippen molar-refractivity contribution in [1.29, 1.82) is 0 Å². The van der Waals surface area contributed by atoms with Crippen LogP contribution in [0.5, 0.6) is 5.75 Å². The van der Waals surface area contributed by atoms with E-state index < -0.39 is 0 Å². The number of likely N-dealkylation sites (N-methyl/N-ethyl adjacent to an activating group) is 1. The van der Waals surface area contributed by atoms with Gasteiger partial charge in [-0.3, -0.25) is 0 Å². The van der Waals surface area contributed by atoms with Crippen LogP contribution >= 0.6 is 31.9 Å². The summed E-state index contributed by atoms with van der Waals surface area (Å²) in [5, 5.41) is 3.24. The van der Waals surface area contributed by atoms with E-state index >= 15 is 0 Å². The molecule has 0 amide bonds. The molecule has 0 saturated carbocycles. The van der Waals surface area contributed by atoms with E-state index in [0.717, 1.165) is 27.8 Å². The number of ether oxygens (including phenoxy) is 1. The molecule has 0 aliphatic heterocycles. The first kappa shape index (κ1) is 16.5. The SMILES string of the molecule is CNC(Cc1ccc(OC)c(Br)c1)c1cccc(F)c1Br. The Balaban J connectivity index is 2.27. The van der Waals surface area contributed by atoms with Crippen molar-refractivity contribution < 1.29 is 9.13 Å².